The van der Waals surface area contributed by atoms with Crippen LogP contribution in [0.5, 0.6) is 5.75 Å². The Balaban J connectivity index is 1.31. The molecule has 2 unspecified atom stereocenters. The molecule has 8 nitrogen and oxygen atoms in total. The molecule has 0 bridgehead atoms. The topological polar surface area (TPSA) is 92.1 Å². The van der Waals surface area contributed by atoms with Gasteiger partial charge in [0.15, 0.2) is 0 Å². The van der Waals surface area contributed by atoms with Crippen molar-refractivity contribution in [1.29, 1.82) is 0 Å². The minimum atomic E-state index is -1.14. The molecule has 2 fully saturated rings. The fourth-order valence-corrected chi connectivity index (χ4v) is 10.2. The number of thiocarbonyl (C=S) groups is 1. The molecule has 272 valence electrons. The highest BCUT2D eigenvalue weighted by Gasteiger charge is 2.43. The number of carbonyl (C=O) groups is 2. The Kier molecular flexibility index (Phi) is 12.7. The van der Waals surface area contributed by atoms with Gasteiger partial charge in [-0.25, -0.2) is 0 Å². The van der Waals surface area contributed by atoms with Crippen LogP contribution >= 0.6 is 35.3 Å². The number of thioether (sulfide) groups is 1. The highest BCUT2D eigenvalue weighted by atomic mass is 32.2. The average Bonchev–Trinajstić information content (AvgIpc) is 3.86. The molecule has 0 radical (unpaired) electrons. The number of amides is 1. The Morgan fingerprint density at radius 1 is 0.961 bits per heavy atom. The minimum absolute atomic E-state index is 0.249. The first kappa shape index (κ1) is 37.4. The van der Waals surface area contributed by atoms with Gasteiger partial charge in [0.05, 0.1) is 16.8 Å². The van der Waals surface area contributed by atoms with Crippen molar-refractivity contribution in [3.05, 3.63) is 73.1 Å². The zero-order valence-electron chi connectivity index (χ0n) is 29.7. The summed E-state index contributed by atoms with van der Waals surface area (Å²) in [5.41, 5.74) is 3.99. The fraction of sp³-hybridized carbons (Fsp3) is 0.500. The van der Waals surface area contributed by atoms with E-state index < -0.39 is 18.1 Å². The molecule has 6 rings (SSSR count). The predicted molar refractivity (Wildman–Crippen MR) is 213 cm³/mol. The first-order valence-corrected chi connectivity index (χ1v) is 20.7. The number of para-hydroxylation sites is 2. The van der Waals surface area contributed by atoms with E-state index in [4.69, 9.17) is 17.0 Å². The van der Waals surface area contributed by atoms with E-state index in [1.165, 1.54) is 65.7 Å². The molecule has 1 saturated heterocycles. The van der Waals surface area contributed by atoms with Gasteiger partial charge in [-0.05, 0) is 67.2 Å². The highest BCUT2D eigenvalue weighted by molar-refractivity contribution is 8.30. The highest BCUT2D eigenvalue weighted by Crippen LogP contribution is 2.54. The van der Waals surface area contributed by atoms with E-state index in [0.29, 0.717) is 43.5 Å². The van der Waals surface area contributed by atoms with Gasteiger partial charge in [0.25, 0.3) is 11.5 Å². The van der Waals surface area contributed by atoms with Crippen LogP contribution in [0, 0.1) is 0 Å². The van der Waals surface area contributed by atoms with E-state index in [9.17, 15) is 19.5 Å². The maximum absolute atomic E-state index is 13.8. The van der Waals surface area contributed by atoms with Gasteiger partial charge in [-0.2, -0.15) is 0 Å². The van der Waals surface area contributed by atoms with Crippen molar-refractivity contribution in [2.45, 2.75) is 116 Å². The Morgan fingerprint density at radius 2 is 1.71 bits per heavy atom. The number of aromatic nitrogens is 1. The lowest BCUT2D eigenvalue weighted by Crippen LogP contribution is -2.35. The van der Waals surface area contributed by atoms with Gasteiger partial charge in [0.2, 0.25) is 0 Å². The maximum atomic E-state index is 13.8. The normalized spacial score (nSPS) is 19.7. The monoisotopic (exact) mass is 747 g/mol. The summed E-state index contributed by atoms with van der Waals surface area (Å²) in [4.78, 5) is 43.7. The Labute approximate surface area is 314 Å². The lowest BCUT2D eigenvalue weighted by atomic mass is 9.96. The second-order valence-electron chi connectivity index (χ2n) is 13.8. The third kappa shape index (κ3) is 8.31. The first-order chi connectivity index (χ1) is 24.8. The SMILES string of the molecule is CCCCCCCCN1C(=O)/C(=c2/s/c(=C/c3ccc4c(c3)C3CCCC3N4c3ccccc3OCCCCCC)c(=O)n2CC(=O)O)SC1=S. The number of aliphatic carboxylic acids is 1. The molecule has 1 amide bonds. The quantitative estimate of drug-likeness (QED) is 0.110. The van der Waals surface area contributed by atoms with Gasteiger partial charge in [-0.3, -0.25) is 23.9 Å². The molecule has 51 heavy (non-hydrogen) atoms. The molecule has 0 spiro atoms. The van der Waals surface area contributed by atoms with Gasteiger partial charge in [-0.15, -0.1) is 11.3 Å². The van der Waals surface area contributed by atoms with Crippen molar-refractivity contribution < 1.29 is 19.4 Å². The zero-order valence-corrected chi connectivity index (χ0v) is 32.2. The van der Waals surface area contributed by atoms with E-state index in [1.807, 2.05) is 18.2 Å². The van der Waals surface area contributed by atoms with Crippen molar-refractivity contribution in [3.8, 4) is 5.75 Å². The van der Waals surface area contributed by atoms with Crippen molar-refractivity contribution in [2.75, 3.05) is 18.1 Å². The molecule has 1 aromatic heterocycles. The van der Waals surface area contributed by atoms with E-state index in [1.54, 1.807) is 4.90 Å². The number of thiazole rings is 1. The van der Waals surface area contributed by atoms with Gasteiger partial charge in [-0.1, -0.05) is 114 Å². The van der Waals surface area contributed by atoms with Crippen LogP contribution in [0.25, 0.3) is 11.0 Å². The summed E-state index contributed by atoms with van der Waals surface area (Å²) in [5.74, 6) is -0.105. The second-order valence-corrected chi connectivity index (χ2v) is 16.5. The summed E-state index contributed by atoms with van der Waals surface area (Å²) in [5, 5.41) is 9.73. The van der Waals surface area contributed by atoms with Crippen molar-refractivity contribution >= 4 is 73.9 Å². The van der Waals surface area contributed by atoms with E-state index >= 15 is 0 Å². The predicted octanol–water partition coefficient (Wildman–Crippen LogP) is 7.90. The molecule has 3 aliphatic rings. The summed E-state index contributed by atoms with van der Waals surface area (Å²) in [7, 11) is 0. The van der Waals surface area contributed by atoms with Gasteiger partial charge < -0.3 is 14.7 Å². The van der Waals surface area contributed by atoms with Crippen LogP contribution < -0.4 is 24.4 Å². The van der Waals surface area contributed by atoms with E-state index in [2.05, 4.69) is 49.1 Å². The van der Waals surface area contributed by atoms with Gasteiger partial charge in [0.1, 0.15) is 26.2 Å². The van der Waals surface area contributed by atoms with Crippen molar-refractivity contribution in [2.24, 2.45) is 0 Å². The van der Waals surface area contributed by atoms with Crippen molar-refractivity contribution in [1.82, 2.24) is 9.47 Å². The summed E-state index contributed by atoms with van der Waals surface area (Å²) in [6, 6.07) is 15.0. The molecule has 1 aliphatic carbocycles. The number of nitrogens with zero attached hydrogens (tertiary/aromatic N) is 3. The largest absolute Gasteiger partial charge is 0.491 e. The number of carboxylic acid groups (broad SMARTS) is 1. The molecule has 1 N–H and O–H groups in total. The molecule has 3 heterocycles. The number of carbonyl (C=O) groups excluding carboxylic acids is 1. The number of carboxylic acids is 1. The Bertz CT molecular complexity index is 1940. The number of hydrogen-bond donors (Lipinski definition) is 1. The number of hydrogen-bond acceptors (Lipinski definition) is 8. The first-order valence-electron chi connectivity index (χ1n) is 18.7. The van der Waals surface area contributed by atoms with Crippen LogP contribution in [0.2, 0.25) is 0 Å². The number of benzene rings is 2. The average molecular weight is 748 g/mol. The van der Waals surface area contributed by atoms with Crippen molar-refractivity contribution in [3.63, 3.8) is 0 Å². The summed E-state index contributed by atoms with van der Waals surface area (Å²) < 4.78 is 8.77. The molecule has 2 aliphatic heterocycles. The van der Waals surface area contributed by atoms with Crippen LogP contribution in [-0.4, -0.2) is 50.0 Å². The number of fused-ring (bicyclic) bond motifs is 3. The smallest absolute Gasteiger partial charge is 0.323 e. The second kappa shape index (κ2) is 17.4. The number of ether oxygens (including phenoxy) is 1. The molecular formula is C40H49N3O5S3. The molecular weight excluding hydrogens is 699 g/mol. The van der Waals surface area contributed by atoms with E-state index in [0.717, 1.165) is 73.7 Å². The lowest BCUT2D eigenvalue weighted by Gasteiger charge is -2.29. The third-order valence-electron chi connectivity index (χ3n) is 10.2. The molecule has 11 heteroatoms. The maximum Gasteiger partial charge on any atom is 0.323 e. The summed E-state index contributed by atoms with van der Waals surface area (Å²) >= 11 is 7.92. The Hall–Kier alpha value is -3.41. The third-order valence-corrected chi connectivity index (χ3v) is 12.9. The Morgan fingerprint density at radius 3 is 2.49 bits per heavy atom. The minimum Gasteiger partial charge on any atom is -0.491 e. The number of anilines is 2. The standard InChI is InChI=1S/C40H49N3O5S3/c1-3-5-7-9-10-13-22-41-38(47)36(51-40(41)49)39-42(26-35(44)45)37(46)34(50-39)25-27-20-21-31-29(24-27)28-16-15-18-30(28)43(31)32-17-11-12-19-33(32)48-23-14-8-6-4-2/h11-12,17,19-21,24-25,28,30H,3-10,13-16,18,22-23,26H2,1-2H3,(H,44,45)/b34-25+,39-36-. The summed E-state index contributed by atoms with van der Waals surface area (Å²) in [6.45, 7) is 5.10. The summed E-state index contributed by atoms with van der Waals surface area (Å²) in [6.07, 6.45) is 16.4. The van der Waals surface area contributed by atoms with Gasteiger partial charge >= 0.3 is 5.97 Å². The van der Waals surface area contributed by atoms with Gasteiger partial charge in [0, 0.05) is 24.2 Å². The van der Waals surface area contributed by atoms with Crippen LogP contribution in [0.4, 0.5) is 11.4 Å². The van der Waals surface area contributed by atoms with Crippen LogP contribution in [0.3, 0.4) is 0 Å². The van der Waals surface area contributed by atoms with Crippen LogP contribution in [0.15, 0.2) is 47.3 Å². The van der Waals surface area contributed by atoms with Crippen LogP contribution in [-0.2, 0) is 16.1 Å². The molecule has 1 saturated carbocycles. The van der Waals surface area contributed by atoms with E-state index in [-0.39, 0.29) is 5.91 Å². The number of rotatable bonds is 17. The molecule has 3 aromatic rings. The number of unbranched alkanes of at least 4 members (excludes halogenated alkanes) is 8. The lowest BCUT2D eigenvalue weighted by molar-refractivity contribution is -0.137. The molecule has 2 atom stereocenters. The fourth-order valence-electron chi connectivity index (χ4n) is 7.66. The zero-order chi connectivity index (χ0) is 35.9. The molecule has 2 aromatic carbocycles. The van der Waals surface area contributed by atoms with Crippen LogP contribution in [0.1, 0.15) is 114 Å².